The molecule has 0 fully saturated rings. The van der Waals surface area contributed by atoms with Crippen molar-refractivity contribution in [1.29, 1.82) is 0 Å². The molecule has 3 N–H and O–H groups in total. The van der Waals surface area contributed by atoms with Gasteiger partial charge in [0.25, 0.3) is 0 Å². The van der Waals surface area contributed by atoms with Crippen LogP contribution in [0.3, 0.4) is 0 Å². The van der Waals surface area contributed by atoms with Crippen molar-refractivity contribution in [3.05, 3.63) is 34.9 Å². The molecular formula is C17H30ClIN4. The summed E-state index contributed by atoms with van der Waals surface area (Å²) >= 11 is 6.38. The average molecular weight is 453 g/mol. The molecule has 23 heavy (non-hydrogen) atoms. The van der Waals surface area contributed by atoms with Crippen molar-refractivity contribution in [2.45, 2.75) is 46.2 Å². The SMILES string of the molecule is CCN(CC)C(CN=C(N)NC(C)(C)C)c1ccccc1Cl.I. The van der Waals surface area contributed by atoms with E-state index in [9.17, 15) is 0 Å². The van der Waals surface area contributed by atoms with Crippen LogP contribution in [0.2, 0.25) is 5.02 Å². The van der Waals surface area contributed by atoms with Crippen LogP contribution in [0.1, 0.15) is 46.2 Å². The van der Waals surface area contributed by atoms with Gasteiger partial charge < -0.3 is 11.1 Å². The number of aliphatic imine (C=N–C) groups is 1. The number of hydrogen-bond acceptors (Lipinski definition) is 2. The van der Waals surface area contributed by atoms with Crippen LogP contribution in [0, 0.1) is 0 Å². The summed E-state index contributed by atoms with van der Waals surface area (Å²) in [5.74, 6) is 0.469. The Bertz CT molecular complexity index is 496. The Hall–Kier alpha value is -0.530. The van der Waals surface area contributed by atoms with E-state index in [4.69, 9.17) is 17.3 Å². The van der Waals surface area contributed by atoms with E-state index in [-0.39, 0.29) is 35.6 Å². The number of halogens is 2. The first-order valence-electron chi connectivity index (χ1n) is 7.85. The Balaban J connectivity index is 0.00000484. The smallest absolute Gasteiger partial charge is 0.189 e. The number of hydrogen-bond donors (Lipinski definition) is 2. The Morgan fingerprint density at radius 1 is 1.26 bits per heavy atom. The fourth-order valence-corrected chi connectivity index (χ4v) is 2.69. The number of nitrogens with zero attached hydrogens (tertiary/aromatic N) is 2. The molecule has 0 aromatic heterocycles. The molecule has 0 aliphatic carbocycles. The summed E-state index contributed by atoms with van der Waals surface area (Å²) in [6, 6.07) is 8.08. The lowest BCUT2D eigenvalue weighted by molar-refractivity contribution is 0.224. The van der Waals surface area contributed by atoms with Crippen molar-refractivity contribution < 1.29 is 0 Å². The molecule has 0 aliphatic rings. The lowest BCUT2D eigenvalue weighted by Crippen LogP contribution is -2.45. The fraction of sp³-hybridized carbons (Fsp3) is 0.588. The van der Waals surface area contributed by atoms with Gasteiger partial charge in [0, 0.05) is 10.6 Å². The summed E-state index contributed by atoms with van der Waals surface area (Å²) in [4.78, 5) is 6.87. The summed E-state index contributed by atoms with van der Waals surface area (Å²) in [5, 5.41) is 3.97. The van der Waals surface area contributed by atoms with Crippen LogP contribution < -0.4 is 11.1 Å². The van der Waals surface area contributed by atoms with Gasteiger partial charge in [-0.1, -0.05) is 43.6 Å². The maximum atomic E-state index is 6.38. The summed E-state index contributed by atoms with van der Waals surface area (Å²) in [6.07, 6.45) is 0. The monoisotopic (exact) mass is 452 g/mol. The normalized spacial score (nSPS) is 13.6. The van der Waals surface area contributed by atoms with E-state index in [0.717, 1.165) is 23.7 Å². The minimum Gasteiger partial charge on any atom is -0.370 e. The van der Waals surface area contributed by atoms with Crippen LogP contribution >= 0.6 is 35.6 Å². The number of likely N-dealkylation sites (N-methyl/N-ethyl adjacent to an activating group) is 1. The van der Waals surface area contributed by atoms with Gasteiger partial charge in [0.2, 0.25) is 0 Å². The molecule has 0 saturated heterocycles. The molecule has 0 aliphatic heterocycles. The first-order chi connectivity index (χ1) is 10.3. The first-order valence-corrected chi connectivity index (χ1v) is 8.22. The minimum absolute atomic E-state index is 0. The van der Waals surface area contributed by atoms with Gasteiger partial charge in [-0.15, -0.1) is 24.0 Å². The lowest BCUT2D eigenvalue weighted by atomic mass is 10.1. The van der Waals surface area contributed by atoms with E-state index >= 15 is 0 Å². The predicted octanol–water partition coefficient (Wildman–Crippen LogP) is 4.04. The number of rotatable bonds is 6. The van der Waals surface area contributed by atoms with Gasteiger partial charge in [-0.25, -0.2) is 0 Å². The van der Waals surface area contributed by atoms with Crippen molar-refractivity contribution in [3.63, 3.8) is 0 Å². The third-order valence-electron chi connectivity index (χ3n) is 3.45. The highest BCUT2D eigenvalue weighted by atomic mass is 127. The van der Waals surface area contributed by atoms with Gasteiger partial charge in [-0.05, 0) is 45.5 Å². The molecule has 0 amide bonds. The molecule has 1 aromatic rings. The van der Waals surface area contributed by atoms with Crippen LogP contribution in [-0.4, -0.2) is 36.0 Å². The molecule has 0 heterocycles. The summed E-state index contributed by atoms with van der Waals surface area (Å²) < 4.78 is 0. The molecular weight excluding hydrogens is 423 g/mol. The van der Waals surface area contributed by atoms with Gasteiger partial charge in [0.15, 0.2) is 5.96 Å². The number of nitrogens with one attached hydrogen (secondary N) is 1. The van der Waals surface area contributed by atoms with E-state index in [0.29, 0.717) is 12.5 Å². The summed E-state index contributed by atoms with van der Waals surface area (Å²) in [5.41, 5.74) is 7.00. The van der Waals surface area contributed by atoms with Gasteiger partial charge in [0.1, 0.15) is 0 Å². The van der Waals surface area contributed by atoms with E-state index in [1.807, 2.05) is 18.2 Å². The van der Waals surface area contributed by atoms with E-state index < -0.39 is 0 Å². The Morgan fingerprint density at radius 3 is 2.30 bits per heavy atom. The van der Waals surface area contributed by atoms with Crippen LogP contribution in [0.4, 0.5) is 0 Å². The molecule has 6 heteroatoms. The van der Waals surface area contributed by atoms with Gasteiger partial charge >= 0.3 is 0 Å². The third-order valence-corrected chi connectivity index (χ3v) is 3.80. The van der Waals surface area contributed by atoms with Crippen LogP contribution in [0.5, 0.6) is 0 Å². The standard InChI is InChI=1S/C17H29ClN4.HI/c1-6-22(7-2)15(13-10-8-9-11-14(13)18)12-20-16(19)21-17(3,4)5;/h8-11,15H,6-7,12H2,1-5H3,(H3,19,20,21);1H. The van der Waals surface area contributed by atoms with Crippen LogP contribution in [0.25, 0.3) is 0 Å². The van der Waals surface area contributed by atoms with Gasteiger partial charge in [-0.2, -0.15) is 0 Å². The maximum absolute atomic E-state index is 6.38. The molecule has 0 saturated carbocycles. The first kappa shape index (κ1) is 22.5. The lowest BCUT2D eigenvalue weighted by Gasteiger charge is -2.30. The van der Waals surface area contributed by atoms with E-state index in [1.165, 1.54) is 0 Å². The largest absolute Gasteiger partial charge is 0.370 e. The van der Waals surface area contributed by atoms with Crippen molar-refractivity contribution in [2.75, 3.05) is 19.6 Å². The Kier molecular flexibility index (Phi) is 10.1. The predicted molar refractivity (Wildman–Crippen MR) is 112 cm³/mol. The highest BCUT2D eigenvalue weighted by Crippen LogP contribution is 2.27. The molecule has 1 unspecified atom stereocenters. The van der Waals surface area contributed by atoms with Crippen molar-refractivity contribution >= 4 is 41.5 Å². The van der Waals surface area contributed by atoms with E-state index in [1.54, 1.807) is 0 Å². The van der Waals surface area contributed by atoms with E-state index in [2.05, 4.69) is 55.9 Å². The van der Waals surface area contributed by atoms with Crippen LogP contribution in [-0.2, 0) is 0 Å². The molecule has 0 bridgehead atoms. The molecule has 1 atom stereocenters. The zero-order valence-electron chi connectivity index (χ0n) is 14.8. The van der Waals surface area contributed by atoms with Gasteiger partial charge in [-0.3, -0.25) is 9.89 Å². The molecule has 1 aromatic carbocycles. The second-order valence-corrected chi connectivity index (χ2v) is 6.77. The van der Waals surface area contributed by atoms with Crippen molar-refractivity contribution in [3.8, 4) is 0 Å². The molecule has 132 valence electrons. The molecule has 1 rings (SSSR count). The number of benzene rings is 1. The maximum Gasteiger partial charge on any atom is 0.189 e. The number of guanidine groups is 1. The zero-order valence-corrected chi connectivity index (χ0v) is 17.9. The molecule has 0 radical (unpaired) electrons. The quantitative estimate of drug-likeness (QED) is 0.389. The highest BCUT2D eigenvalue weighted by molar-refractivity contribution is 14.0. The van der Waals surface area contributed by atoms with Crippen molar-refractivity contribution in [2.24, 2.45) is 10.7 Å². The minimum atomic E-state index is -0.0946. The number of nitrogens with two attached hydrogens (primary N) is 1. The Labute approximate surface area is 162 Å². The van der Waals surface area contributed by atoms with Gasteiger partial charge in [0.05, 0.1) is 12.6 Å². The van der Waals surface area contributed by atoms with Crippen molar-refractivity contribution in [1.82, 2.24) is 10.2 Å². The third kappa shape index (κ3) is 7.72. The molecule has 0 spiro atoms. The second-order valence-electron chi connectivity index (χ2n) is 6.36. The topological polar surface area (TPSA) is 53.6 Å². The zero-order chi connectivity index (χ0) is 16.8. The molecule has 4 nitrogen and oxygen atoms in total. The highest BCUT2D eigenvalue weighted by Gasteiger charge is 2.20. The fourth-order valence-electron chi connectivity index (χ4n) is 2.43. The second kappa shape index (κ2) is 10.4. The van der Waals surface area contributed by atoms with Crippen LogP contribution in [0.15, 0.2) is 29.3 Å². The average Bonchev–Trinajstić information content (AvgIpc) is 2.42. The Morgan fingerprint density at radius 2 is 1.83 bits per heavy atom. The summed E-state index contributed by atoms with van der Waals surface area (Å²) in [7, 11) is 0. The summed E-state index contributed by atoms with van der Waals surface area (Å²) in [6.45, 7) is 12.9.